The number of rotatable bonds is 15. The normalized spacial score (nSPS) is 15.3. The van der Waals surface area contributed by atoms with E-state index in [1.165, 1.54) is 0 Å². The highest BCUT2D eigenvalue weighted by molar-refractivity contribution is 5.90. The molecule has 0 spiro atoms. The summed E-state index contributed by atoms with van der Waals surface area (Å²) in [6.07, 6.45) is 4.52. The van der Waals surface area contributed by atoms with Crippen molar-refractivity contribution in [2.75, 3.05) is 0 Å². The zero-order valence-corrected chi connectivity index (χ0v) is 37.7. The molecule has 2 aliphatic carbocycles. The first kappa shape index (κ1) is 44.2. The Morgan fingerprint density at radius 2 is 0.844 bits per heavy atom. The van der Waals surface area contributed by atoms with Crippen LogP contribution in [0.25, 0.3) is 22.3 Å². The van der Waals surface area contributed by atoms with Crippen molar-refractivity contribution in [2.24, 2.45) is 0 Å². The van der Waals surface area contributed by atoms with E-state index in [2.05, 4.69) is 83.4 Å². The van der Waals surface area contributed by atoms with Crippen LogP contribution in [-0.4, -0.2) is 41.0 Å². The molecule has 7 heteroatoms. The summed E-state index contributed by atoms with van der Waals surface area (Å²) in [5.41, 5.74) is 7.44. The smallest absolute Gasteiger partial charge is 0.324 e. The van der Waals surface area contributed by atoms with E-state index >= 15 is 0 Å². The molecule has 0 bridgehead atoms. The van der Waals surface area contributed by atoms with Crippen LogP contribution in [0.5, 0.6) is 0 Å². The molecule has 0 unspecified atom stereocenters. The quantitative estimate of drug-likeness (QED) is 0.0785. The Bertz CT molecular complexity index is 2580. The Morgan fingerprint density at radius 1 is 0.500 bits per heavy atom. The van der Waals surface area contributed by atoms with Crippen LogP contribution in [0.3, 0.4) is 0 Å². The van der Waals surface area contributed by atoms with Gasteiger partial charge >= 0.3 is 11.9 Å². The lowest BCUT2D eigenvalue weighted by molar-refractivity contribution is -0.159. The Labute approximate surface area is 377 Å². The minimum absolute atomic E-state index is 0.102. The third kappa shape index (κ3) is 8.75. The number of carbonyl (C=O) groups excluding carboxylic acids is 3. The molecule has 0 heterocycles. The second-order valence-corrected chi connectivity index (χ2v) is 18.9. The maximum atomic E-state index is 14.2. The molecule has 6 aromatic carbocycles. The summed E-state index contributed by atoms with van der Waals surface area (Å²) in [6.45, 7) is 11.2. The van der Waals surface area contributed by atoms with Crippen LogP contribution >= 0.6 is 0 Å². The number of nitrogens with one attached hydrogen (secondary N) is 2. The van der Waals surface area contributed by atoms with Gasteiger partial charge in [-0.25, -0.2) is 0 Å². The van der Waals surface area contributed by atoms with Crippen LogP contribution in [0, 0.1) is 0 Å². The lowest BCUT2D eigenvalue weighted by Crippen LogP contribution is -2.53. The van der Waals surface area contributed by atoms with Gasteiger partial charge in [-0.1, -0.05) is 164 Å². The summed E-state index contributed by atoms with van der Waals surface area (Å²) in [4.78, 5) is 42.2. The average molecular weight is 851 g/mol. The van der Waals surface area contributed by atoms with Gasteiger partial charge in [0.1, 0.15) is 23.3 Å². The summed E-state index contributed by atoms with van der Waals surface area (Å²) < 4.78 is 12.1. The van der Waals surface area contributed by atoms with E-state index in [1.54, 1.807) is 12.2 Å². The molecule has 7 nitrogen and oxygen atoms in total. The number of fused-ring (bicyclic) bond motifs is 6. The van der Waals surface area contributed by atoms with Crippen molar-refractivity contribution < 1.29 is 23.9 Å². The first-order chi connectivity index (χ1) is 30.7. The van der Waals surface area contributed by atoms with Crippen molar-refractivity contribution in [1.29, 1.82) is 0 Å². The lowest BCUT2D eigenvalue weighted by atomic mass is 9.79. The molecule has 0 saturated heterocycles. The molecule has 0 aliphatic heterocycles. The van der Waals surface area contributed by atoms with Crippen molar-refractivity contribution in [3.8, 4) is 22.3 Å². The van der Waals surface area contributed by atoms with Gasteiger partial charge < -0.3 is 9.47 Å². The molecule has 0 amide bonds. The van der Waals surface area contributed by atoms with Crippen LogP contribution in [0.1, 0.15) is 101 Å². The van der Waals surface area contributed by atoms with E-state index < -0.39 is 40.3 Å². The third-order valence-corrected chi connectivity index (χ3v) is 12.1. The van der Waals surface area contributed by atoms with Gasteiger partial charge in [0.25, 0.3) is 0 Å². The van der Waals surface area contributed by atoms with Gasteiger partial charge in [-0.2, -0.15) is 0 Å². The zero-order chi connectivity index (χ0) is 45.1. The molecular weight excluding hydrogens is 793 g/mol. The van der Waals surface area contributed by atoms with Gasteiger partial charge in [0.2, 0.25) is 0 Å². The number of ether oxygens (including phenoxy) is 2. The number of ketones is 1. The molecule has 2 atom stereocenters. The topological polar surface area (TPSA) is 93.7 Å². The minimum Gasteiger partial charge on any atom is -0.459 e. The number of esters is 2. The minimum atomic E-state index is -0.866. The third-order valence-electron chi connectivity index (χ3n) is 12.1. The maximum Gasteiger partial charge on any atom is 0.324 e. The molecule has 0 aromatic heterocycles. The summed E-state index contributed by atoms with van der Waals surface area (Å²) >= 11 is 0. The number of hydrogen-bond donors (Lipinski definition) is 2. The van der Waals surface area contributed by atoms with Gasteiger partial charge in [0.15, 0.2) is 5.78 Å². The number of allylic oxidation sites excluding steroid dienone is 1. The van der Waals surface area contributed by atoms with Crippen LogP contribution in [0.15, 0.2) is 170 Å². The van der Waals surface area contributed by atoms with Crippen LogP contribution in [-0.2, 0) is 34.9 Å². The largest absolute Gasteiger partial charge is 0.459 e. The second kappa shape index (κ2) is 18.0. The molecule has 0 saturated carbocycles. The molecule has 0 radical (unpaired) electrons. The number of carbonyl (C=O) groups is 3. The molecule has 8 rings (SSSR count). The fraction of sp³-hybridized carbons (Fsp3) is 0.281. The van der Waals surface area contributed by atoms with Gasteiger partial charge in [0, 0.05) is 6.42 Å². The summed E-state index contributed by atoms with van der Waals surface area (Å²) in [5, 5.41) is 7.66. The lowest BCUT2D eigenvalue weighted by Gasteiger charge is -2.38. The molecule has 326 valence electrons. The van der Waals surface area contributed by atoms with Crippen LogP contribution in [0.2, 0.25) is 0 Å². The Hall–Kier alpha value is -6.41. The molecule has 2 aliphatic rings. The van der Waals surface area contributed by atoms with E-state index in [0.29, 0.717) is 12.8 Å². The Balaban J connectivity index is 1.05. The van der Waals surface area contributed by atoms with Gasteiger partial charge in [-0.15, -0.1) is 0 Å². The molecule has 6 aromatic rings. The Morgan fingerprint density at radius 3 is 1.23 bits per heavy atom. The highest BCUT2D eigenvalue weighted by atomic mass is 16.6. The predicted molar refractivity (Wildman–Crippen MR) is 255 cm³/mol. The van der Waals surface area contributed by atoms with Crippen molar-refractivity contribution in [3.63, 3.8) is 0 Å². The van der Waals surface area contributed by atoms with Gasteiger partial charge in [-0.05, 0) is 123 Å². The van der Waals surface area contributed by atoms with E-state index in [0.717, 1.165) is 55.6 Å². The predicted octanol–water partition coefficient (Wildman–Crippen LogP) is 11.2. The monoisotopic (exact) mass is 850 g/mol. The van der Waals surface area contributed by atoms with Crippen molar-refractivity contribution in [2.45, 2.75) is 102 Å². The first-order valence-electron chi connectivity index (χ1n) is 22.4. The fourth-order valence-electron chi connectivity index (χ4n) is 9.58. The molecule has 2 N–H and O–H groups in total. The fourth-order valence-corrected chi connectivity index (χ4v) is 9.58. The zero-order valence-electron chi connectivity index (χ0n) is 37.7. The molecule has 0 fully saturated rings. The number of hydrogen-bond acceptors (Lipinski definition) is 7. The highest BCUT2D eigenvalue weighted by Crippen LogP contribution is 2.52. The van der Waals surface area contributed by atoms with E-state index in [-0.39, 0.29) is 24.6 Å². The van der Waals surface area contributed by atoms with Crippen molar-refractivity contribution in [3.05, 3.63) is 203 Å². The van der Waals surface area contributed by atoms with E-state index in [4.69, 9.17) is 9.47 Å². The standard InChI is InChI=1S/C57H58N2O5/c1-54(2,3)63-52(61)50(58-56(39-23-9-7-10-24-39)46-33-17-13-29-42(46)43-30-14-18-34-47(43)56)37-21-27-41(60)28-22-38-51(53(62)64-55(4,5)6)59-57(40-25-11-8-12-26-40)48-35-19-15-31-44(48)45-32-16-20-36-49(45)57/h7-21,23-27,29-36,50-51,58-59H,22,28,37-38H2,1-6H3/b27-21+/t50-,51-/m0/s1. The van der Waals surface area contributed by atoms with Gasteiger partial charge in [-0.3, -0.25) is 25.0 Å². The number of benzene rings is 6. The molecular formula is C57H58N2O5. The summed E-state index contributed by atoms with van der Waals surface area (Å²) in [6, 6.07) is 52.1. The SMILES string of the molecule is CC(C)(C)OC(=O)[C@H](C/C=C/C(=O)CCC[C@H](NC1(c2ccccc2)c2ccccc2-c2ccccc21)C(=O)OC(C)(C)C)NC1(c2ccccc2)c2ccccc2-c2ccccc21. The highest BCUT2D eigenvalue weighted by Gasteiger charge is 2.48. The molecule has 64 heavy (non-hydrogen) atoms. The van der Waals surface area contributed by atoms with Crippen LogP contribution < -0.4 is 10.6 Å². The van der Waals surface area contributed by atoms with E-state index in [1.807, 2.05) is 126 Å². The average Bonchev–Trinajstić information content (AvgIpc) is 3.73. The van der Waals surface area contributed by atoms with Gasteiger partial charge in [0.05, 0.1) is 11.1 Å². The Kier molecular flexibility index (Phi) is 12.4. The van der Waals surface area contributed by atoms with Crippen molar-refractivity contribution >= 4 is 17.7 Å². The summed E-state index contributed by atoms with van der Waals surface area (Å²) in [5.74, 6) is -0.883. The first-order valence-corrected chi connectivity index (χ1v) is 22.4. The van der Waals surface area contributed by atoms with Crippen LogP contribution in [0.4, 0.5) is 0 Å². The maximum absolute atomic E-state index is 14.2. The summed E-state index contributed by atoms with van der Waals surface area (Å²) in [7, 11) is 0. The van der Waals surface area contributed by atoms with E-state index in [9.17, 15) is 14.4 Å². The van der Waals surface area contributed by atoms with Crippen molar-refractivity contribution in [1.82, 2.24) is 10.6 Å². The second-order valence-electron chi connectivity index (χ2n) is 18.9.